The fourth-order valence-electron chi connectivity index (χ4n) is 8.03. The summed E-state index contributed by atoms with van der Waals surface area (Å²) in [5.41, 5.74) is 16.8. The van der Waals surface area contributed by atoms with Crippen LogP contribution in [0.2, 0.25) is 0 Å². The van der Waals surface area contributed by atoms with E-state index < -0.39 is 0 Å². The summed E-state index contributed by atoms with van der Waals surface area (Å²) in [5.74, 6) is 3.28. The van der Waals surface area contributed by atoms with Crippen molar-refractivity contribution in [1.29, 1.82) is 0 Å². The molecule has 8 heteroatoms. The molecule has 0 saturated heterocycles. The number of fused-ring (bicyclic) bond motifs is 8. The van der Waals surface area contributed by atoms with Crippen LogP contribution in [-0.2, 0) is 25.7 Å². The van der Waals surface area contributed by atoms with Crippen LogP contribution in [-0.4, -0.2) is 48.4 Å². The number of methoxy groups -OCH3 is 4. The molecule has 0 atom stereocenters. The van der Waals surface area contributed by atoms with Gasteiger partial charge in [0, 0.05) is 34.1 Å². The number of ether oxygens (including phenoxy) is 4. The van der Waals surface area contributed by atoms with Crippen molar-refractivity contribution >= 4 is 45.4 Å². The van der Waals surface area contributed by atoms with Gasteiger partial charge in [-0.3, -0.25) is 0 Å². The normalized spacial score (nSPS) is 12.1. The first-order valence-electron chi connectivity index (χ1n) is 20.1. The van der Waals surface area contributed by atoms with Gasteiger partial charge >= 0.3 is 0 Å². The number of allylic oxidation sites excluding steroid dienone is 2. The monoisotopic (exact) mass is 790 g/mol. The van der Waals surface area contributed by atoms with E-state index in [-0.39, 0.29) is 0 Å². The van der Waals surface area contributed by atoms with Gasteiger partial charge in [0.2, 0.25) is 0 Å². The van der Waals surface area contributed by atoms with Crippen molar-refractivity contribution in [1.82, 2.24) is 19.9 Å². The molecule has 2 aliphatic rings. The number of H-pyrrole nitrogens is 2. The Morgan fingerprint density at radius 1 is 0.417 bits per heavy atom. The minimum absolute atomic E-state index is 0.619. The highest BCUT2D eigenvalue weighted by Crippen LogP contribution is 2.40. The van der Waals surface area contributed by atoms with E-state index in [1.54, 1.807) is 28.4 Å². The van der Waals surface area contributed by atoms with Crippen molar-refractivity contribution in [2.24, 2.45) is 0 Å². The van der Waals surface area contributed by atoms with Gasteiger partial charge in [0.1, 0.15) is 23.0 Å². The highest BCUT2D eigenvalue weighted by Gasteiger charge is 2.26. The van der Waals surface area contributed by atoms with Gasteiger partial charge in [0.25, 0.3) is 0 Å². The molecule has 5 heterocycles. The number of aromatic amines is 2. The molecular weight excluding hydrogens is 745 g/mol. The zero-order chi connectivity index (χ0) is 41.0. The lowest BCUT2D eigenvalue weighted by Crippen LogP contribution is -2.01. The SMILES string of the molecule is COc1ccc(CC2=C(Cc3ccc(OC)cc3)c3nc2cc2nc(cc4ccc(cc5cc(Cc6ccc(OC)cc6)c([nH]5)c3Cc3ccc(OC)cc3)[nH]4)C=C2)cc1. The first-order chi connectivity index (χ1) is 29.4. The average Bonchev–Trinajstić information content (AvgIpc) is 4.09. The molecule has 2 aliphatic heterocycles. The molecule has 9 rings (SSSR count). The Balaban J connectivity index is 1.37. The van der Waals surface area contributed by atoms with E-state index >= 15 is 0 Å². The van der Waals surface area contributed by atoms with Crippen LogP contribution in [0.5, 0.6) is 23.0 Å². The predicted octanol–water partition coefficient (Wildman–Crippen LogP) is 11.1. The van der Waals surface area contributed by atoms with Gasteiger partial charge in [0.05, 0.1) is 51.2 Å². The fraction of sp³-hybridized carbons (Fsp3) is 0.154. The summed E-state index contributed by atoms with van der Waals surface area (Å²) in [6.07, 6.45) is 6.77. The first kappa shape index (κ1) is 38.2. The molecule has 8 nitrogen and oxygen atoms in total. The molecular formula is C52H46N4O4. The Bertz CT molecular complexity index is 2890. The zero-order valence-electron chi connectivity index (χ0n) is 34.2. The highest BCUT2D eigenvalue weighted by atomic mass is 16.5. The van der Waals surface area contributed by atoms with Gasteiger partial charge in [-0.15, -0.1) is 0 Å². The van der Waals surface area contributed by atoms with Crippen LogP contribution >= 0.6 is 0 Å². The predicted molar refractivity (Wildman–Crippen MR) is 242 cm³/mol. The highest BCUT2D eigenvalue weighted by molar-refractivity contribution is 5.96. The van der Waals surface area contributed by atoms with Crippen molar-refractivity contribution in [3.63, 3.8) is 0 Å². The lowest BCUT2D eigenvalue weighted by molar-refractivity contribution is 0.414. The maximum atomic E-state index is 5.69. The van der Waals surface area contributed by atoms with Crippen LogP contribution in [0.1, 0.15) is 56.2 Å². The molecule has 7 aromatic rings. The summed E-state index contributed by atoms with van der Waals surface area (Å²) in [7, 11) is 6.80. The van der Waals surface area contributed by atoms with E-state index in [0.717, 1.165) is 101 Å². The van der Waals surface area contributed by atoms with Crippen molar-refractivity contribution in [2.45, 2.75) is 25.7 Å². The van der Waals surface area contributed by atoms with Gasteiger partial charge in [-0.05, 0) is 155 Å². The molecule has 0 radical (unpaired) electrons. The lowest BCUT2D eigenvalue weighted by Gasteiger charge is -2.14. The molecule has 0 unspecified atom stereocenters. The molecule has 0 saturated carbocycles. The second-order valence-electron chi connectivity index (χ2n) is 15.1. The molecule has 3 aromatic heterocycles. The third-order valence-electron chi connectivity index (χ3n) is 11.2. The summed E-state index contributed by atoms with van der Waals surface area (Å²) in [5, 5.41) is 0. The zero-order valence-corrected chi connectivity index (χ0v) is 34.2. The molecule has 298 valence electrons. The quantitative estimate of drug-likeness (QED) is 0.128. The van der Waals surface area contributed by atoms with Crippen LogP contribution in [0.3, 0.4) is 0 Å². The Morgan fingerprint density at radius 2 is 0.883 bits per heavy atom. The number of rotatable bonds is 12. The molecule has 2 N–H and O–H groups in total. The number of aromatic nitrogens is 4. The van der Waals surface area contributed by atoms with Crippen LogP contribution in [0.15, 0.2) is 133 Å². The molecule has 0 amide bonds. The largest absolute Gasteiger partial charge is 0.497 e. The summed E-state index contributed by atoms with van der Waals surface area (Å²) < 4.78 is 22.2. The molecule has 60 heavy (non-hydrogen) atoms. The standard InChI is InChI=1S/C52H46N4O4/c1-57-43-17-5-33(6-18-43)25-37-29-42-31-40-14-13-38(53-40)30-39-15-16-41(54-39)32-50-47(26-34-7-19-44(58-2)20-8-34)48(27-35-9-21-45(59-3)22-10-35)52(56-50)49(51(37)55-42)28-36-11-23-46(60-4)24-12-36/h5-24,29-32,53,55H,25-28H2,1-4H3. The van der Waals surface area contributed by atoms with Gasteiger partial charge in [0.15, 0.2) is 0 Å². The Morgan fingerprint density at radius 3 is 1.42 bits per heavy atom. The van der Waals surface area contributed by atoms with E-state index in [0.29, 0.717) is 25.7 Å². The number of benzene rings is 4. The van der Waals surface area contributed by atoms with E-state index in [1.807, 2.05) is 48.5 Å². The first-order valence-corrected chi connectivity index (χ1v) is 20.1. The third-order valence-corrected chi connectivity index (χ3v) is 11.2. The lowest BCUT2D eigenvalue weighted by atomic mass is 9.90. The third kappa shape index (κ3) is 8.31. The van der Waals surface area contributed by atoms with Gasteiger partial charge in [-0.2, -0.15) is 0 Å². The Kier molecular flexibility index (Phi) is 10.7. The maximum Gasteiger partial charge on any atom is 0.118 e. The number of nitrogens with zero attached hydrogens (tertiary/aromatic N) is 2. The van der Waals surface area contributed by atoms with Crippen molar-refractivity contribution in [3.8, 4) is 23.0 Å². The van der Waals surface area contributed by atoms with Crippen molar-refractivity contribution < 1.29 is 18.9 Å². The van der Waals surface area contributed by atoms with E-state index in [4.69, 9.17) is 28.9 Å². The Labute approximate surface area is 349 Å². The minimum atomic E-state index is 0.619. The number of hydrogen-bond donors (Lipinski definition) is 2. The summed E-state index contributed by atoms with van der Waals surface area (Å²) in [6.45, 7) is 0. The van der Waals surface area contributed by atoms with E-state index in [2.05, 4.69) is 107 Å². The Hall–Kier alpha value is -7.32. The van der Waals surface area contributed by atoms with Gasteiger partial charge < -0.3 is 28.9 Å². The molecule has 4 aromatic carbocycles. The average molecular weight is 791 g/mol. The summed E-state index contributed by atoms with van der Waals surface area (Å²) in [4.78, 5) is 18.2. The molecule has 0 aliphatic carbocycles. The van der Waals surface area contributed by atoms with Crippen molar-refractivity contribution in [3.05, 3.63) is 190 Å². The van der Waals surface area contributed by atoms with Gasteiger partial charge in [-0.1, -0.05) is 48.5 Å². The summed E-state index contributed by atoms with van der Waals surface area (Å²) in [6, 6.07) is 46.2. The smallest absolute Gasteiger partial charge is 0.118 e. The number of nitrogens with one attached hydrogen (secondary N) is 2. The molecule has 8 bridgehead atoms. The summed E-state index contributed by atoms with van der Waals surface area (Å²) >= 11 is 0. The van der Waals surface area contributed by atoms with E-state index in [9.17, 15) is 0 Å². The van der Waals surface area contributed by atoms with E-state index in [1.165, 1.54) is 11.1 Å². The van der Waals surface area contributed by atoms with Crippen LogP contribution in [0.4, 0.5) is 0 Å². The topological polar surface area (TPSA) is 94.3 Å². The molecule has 0 spiro atoms. The van der Waals surface area contributed by atoms with Crippen LogP contribution < -0.4 is 18.9 Å². The van der Waals surface area contributed by atoms with Gasteiger partial charge in [-0.25, -0.2) is 9.97 Å². The minimum Gasteiger partial charge on any atom is -0.497 e. The number of hydrogen-bond acceptors (Lipinski definition) is 6. The van der Waals surface area contributed by atoms with Crippen LogP contribution in [0.25, 0.3) is 45.4 Å². The second kappa shape index (κ2) is 16.9. The fourth-order valence-corrected chi connectivity index (χ4v) is 8.03. The van der Waals surface area contributed by atoms with Crippen molar-refractivity contribution in [2.75, 3.05) is 28.4 Å². The van der Waals surface area contributed by atoms with Crippen LogP contribution in [0, 0.1) is 0 Å². The molecule has 0 fully saturated rings. The maximum absolute atomic E-state index is 5.69. The second-order valence-corrected chi connectivity index (χ2v) is 15.1.